The number of carbonyl (C=O) groups excluding carboxylic acids is 2. The Morgan fingerprint density at radius 2 is 1.83 bits per heavy atom. The number of amides is 1. The van der Waals surface area contributed by atoms with E-state index in [4.69, 9.17) is 4.74 Å². The number of hydrogen-bond acceptors (Lipinski definition) is 4. The maximum atomic E-state index is 12.2. The number of thiophene rings is 1. The fourth-order valence-electron chi connectivity index (χ4n) is 3.49. The fraction of sp³-hybridized carbons (Fsp3) is 0.667. The Hall–Kier alpha value is -1.36. The summed E-state index contributed by atoms with van der Waals surface area (Å²) in [6.45, 7) is -0.169. The number of fused-ring (bicyclic) bond motifs is 1. The lowest BCUT2D eigenvalue weighted by atomic mass is 10.00. The van der Waals surface area contributed by atoms with Gasteiger partial charge in [-0.15, -0.1) is 11.3 Å². The topological polar surface area (TPSA) is 55.4 Å². The maximum absolute atomic E-state index is 12.2. The molecule has 2 aliphatic carbocycles. The van der Waals surface area contributed by atoms with Crippen LogP contribution >= 0.6 is 11.3 Å². The Bertz CT molecular complexity index is 535. The lowest BCUT2D eigenvalue weighted by Gasteiger charge is -2.11. The van der Waals surface area contributed by atoms with E-state index >= 15 is 0 Å². The van der Waals surface area contributed by atoms with Crippen molar-refractivity contribution >= 4 is 23.2 Å². The second-order valence-corrected chi connectivity index (χ2v) is 7.74. The molecule has 0 aliphatic heterocycles. The molecule has 1 heterocycles. The minimum atomic E-state index is -0.358. The molecule has 126 valence electrons. The van der Waals surface area contributed by atoms with Gasteiger partial charge in [-0.05, 0) is 50.2 Å². The van der Waals surface area contributed by atoms with E-state index in [-0.39, 0.29) is 24.5 Å². The number of aryl methyl sites for hydroxylation is 2. The first-order valence-corrected chi connectivity index (χ1v) is 9.62. The molecular weight excluding hydrogens is 310 g/mol. The Balaban J connectivity index is 1.51. The average molecular weight is 335 g/mol. The summed E-state index contributed by atoms with van der Waals surface area (Å²) in [6.07, 6.45) is 11.5. The van der Waals surface area contributed by atoms with Gasteiger partial charge in [-0.2, -0.15) is 0 Å². The molecule has 0 aromatic carbocycles. The van der Waals surface area contributed by atoms with Gasteiger partial charge < -0.3 is 10.1 Å². The molecule has 0 saturated heterocycles. The Labute approximate surface area is 141 Å². The zero-order valence-corrected chi connectivity index (χ0v) is 14.4. The number of hydrogen-bond donors (Lipinski definition) is 1. The van der Waals surface area contributed by atoms with E-state index in [2.05, 4.69) is 5.32 Å². The molecule has 1 aromatic rings. The lowest BCUT2D eigenvalue weighted by Crippen LogP contribution is -2.35. The average Bonchev–Trinajstić information content (AvgIpc) is 3.15. The van der Waals surface area contributed by atoms with Crippen LogP contribution in [0.15, 0.2) is 6.07 Å². The maximum Gasteiger partial charge on any atom is 0.348 e. The van der Waals surface area contributed by atoms with Crippen LogP contribution in [0.1, 0.15) is 71.5 Å². The molecule has 2 aliphatic rings. The highest BCUT2D eigenvalue weighted by Crippen LogP contribution is 2.28. The summed E-state index contributed by atoms with van der Waals surface area (Å²) in [6, 6.07) is 2.24. The van der Waals surface area contributed by atoms with E-state index in [0.717, 1.165) is 25.7 Å². The second kappa shape index (κ2) is 7.95. The molecule has 1 amide bonds. The first-order valence-electron chi connectivity index (χ1n) is 8.80. The van der Waals surface area contributed by atoms with Crippen molar-refractivity contribution < 1.29 is 14.3 Å². The molecule has 3 rings (SSSR count). The van der Waals surface area contributed by atoms with E-state index in [1.54, 1.807) is 11.3 Å². The van der Waals surface area contributed by atoms with Gasteiger partial charge in [0, 0.05) is 10.9 Å². The summed E-state index contributed by atoms with van der Waals surface area (Å²) < 4.78 is 5.20. The lowest BCUT2D eigenvalue weighted by molar-refractivity contribution is -0.124. The van der Waals surface area contributed by atoms with E-state index in [1.165, 1.54) is 49.0 Å². The largest absolute Gasteiger partial charge is 0.451 e. The van der Waals surface area contributed by atoms with Gasteiger partial charge >= 0.3 is 5.97 Å². The Morgan fingerprint density at radius 1 is 1.09 bits per heavy atom. The van der Waals surface area contributed by atoms with Crippen LogP contribution in [0.3, 0.4) is 0 Å². The van der Waals surface area contributed by atoms with Crippen LogP contribution in [0, 0.1) is 0 Å². The van der Waals surface area contributed by atoms with E-state index in [0.29, 0.717) is 4.88 Å². The smallest absolute Gasteiger partial charge is 0.348 e. The molecule has 0 spiro atoms. The van der Waals surface area contributed by atoms with Gasteiger partial charge in [0.2, 0.25) is 0 Å². The highest BCUT2D eigenvalue weighted by molar-refractivity contribution is 7.14. The molecule has 5 heteroatoms. The van der Waals surface area contributed by atoms with Crippen molar-refractivity contribution in [1.29, 1.82) is 0 Å². The molecule has 1 saturated carbocycles. The molecule has 0 radical (unpaired) electrons. The predicted molar refractivity (Wildman–Crippen MR) is 90.9 cm³/mol. The quantitative estimate of drug-likeness (QED) is 0.855. The number of esters is 1. The van der Waals surface area contributed by atoms with E-state index in [1.807, 2.05) is 6.07 Å². The van der Waals surface area contributed by atoms with Gasteiger partial charge in [0.25, 0.3) is 5.91 Å². The Kier molecular flexibility index (Phi) is 5.70. The van der Waals surface area contributed by atoms with Crippen LogP contribution in [0.5, 0.6) is 0 Å². The summed E-state index contributed by atoms with van der Waals surface area (Å²) >= 11 is 1.54. The van der Waals surface area contributed by atoms with Crippen molar-refractivity contribution in [3.8, 4) is 0 Å². The zero-order chi connectivity index (χ0) is 16.1. The minimum Gasteiger partial charge on any atom is -0.451 e. The van der Waals surface area contributed by atoms with Gasteiger partial charge in [0.15, 0.2) is 6.61 Å². The van der Waals surface area contributed by atoms with Crippen molar-refractivity contribution in [1.82, 2.24) is 5.32 Å². The van der Waals surface area contributed by atoms with Crippen molar-refractivity contribution in [2.45, 2.75) is 70.3 Å². The summed E-state index contributed by atoms with van der Waals surface area (Å²) in [5.74, 6) is -0.538. The van der Waals surface area contributed by atoms with Crippen LogP contribution in [0.2, 0.25) is 0 Å². The van der Waals surface area contributed by atoms with Crippen molar-refractivity contribution in [2.24, 2.45) is 0 Å². The van der Waals surface area contributed by atoms with Gasteiger partial charge in [-0.1, -0.05) is 25.7 Å². The van der Waals surface area contributed by atoms with Crippen molar-refractivity contribution in [3.63, 3.8) is 0 Å². The van der Waals surface area contributed by atoms with Gasteiger partial charge in [-0.3, -0.25) is 4.79 Å². The van der Waals surface area contributed by atoms with Crippen LogP contribution in [-0.2, 0) is 22.4 Å². The molecule has 4 nitrogen and oxygen atoms in total. The Morgan fingerprint density at radius 3 is 2.61 bits per heavy atom. The zero-order valence-electron chi connectivity index (χ0n) is 13.6. The molecule has 0 bridgehead atoms. The van der Waals surface area contributed by atoms with Crippen LogP contribution < -0.4 is 5.32 Å². The van der Waals surface area contributed by atoms with Crippen molar-refractivity contribution in [2.75, 3.05) is 6.61 Å². The number of rotatable bonds is 4. The van der Waals surface area contributed by atoms with Crippen LogP contribution in [-0.4, -0.2) is 24.5 Å². The van der Waals surface area contributed by atoms with Crippen LogP contribution in [0.25, 0.3) is 0 Å². The molecule has 0 unspecified atom stereocenters. The number of nitrogens with one attached hydrogen (secondary N) is 1. The molecule has 0 atom stereocenters. The number of ether oxygens (including phenoxy) is 1. The summed E-state index contributed by atoms with van der Waals surface area (Å²) in [5.41, 5.74) is 1.30. The number of carbonyl (C=O) groups is 2. The highest BCUT2D eigenvalue weighted by atomic mass is 32.1. The van der Waals surface area contributed by atoms with E-state index < -0.39 is 0 Å². The monoisotopic (exact) mass is 335 g/mol. The normalized spacial score (nSPS) is 18.8. The van der Waals surface area contributed by atoms with Gasteiger partial charge in [0.05, 0.1) is 0 Å². The predicted octanol–water partition coefficient (Wildman–Crippen LogP) is 3.62. The SMILES string of the molecule is O=C(COC(=O)c1cc2c(s1)CCCCCC2)NC1CCCC1. The fourth-order valence-corrected chi connectivity index (χ4v) is 4.63. The third-order valence-electron chi connectivity index (χ3n) is 4.75. The van der Waals surface area contributed by atoms with Crippen molar-refractivity contribution in [3.05, 3.63) is 21.4 Å². The molecule has 1 N–H and O–H groups in total. The highest BCUT2D eigenvalue weighted by Gasteiger charge is 2.20. The van der Waals surface area contributed by atoms with Gasteiger partial charge in [0.1, 0.15) is 4.88 Å². The van der Waals surface area contributed by atoms with Gasteiger partial charge in [-0.25, -0.2) is 4.79 Å². The van der Waals surface area contributed by atoms with Crippen LogP contribution in [0.4, 0.5) is 0 Å². The minimum absolute atomic E-state index is 0.169. The third-order valence-corrected chi connectivity index (χ3v) is 5.97. The molecular formula is C18H25NO3S. The first kappa shape index (κ1) is 16.5. The molecule has 1 fully saturated rings. The first-order chi connectivity index (χ1) is 11.2. The summed E-state index contributed by atoms with van der Waals surface area (Å²) in [7, 11) is 0. The standard InChI is InChI=1S/C18H25NO3S/c20-17(19-14-8-5-6-9-14)12-22-18(21)16-11-13-7-3-1-2-4-10-15(13)23-16/h11,14H,1-10,12H2,(H,19,20). The second-order valence-electron chi connectivity index (χ2n) is 6.60. The summed E-state index contributed by atoms with van der Waals surface area (Å²) in [5, 5.41) is 2.94. The molecule has 23 heavy (non-hydrogen) atoms. The van der Waals surface area contributed by atoms with E-state index in [9.17, 15) is 9.59 Å². The summed E-state index contributed by atoms with van der Waals surface area (Å²) in [4.78, 5) is 26.0. The molecule has 1 aromatic heterocycles. The third kappa shape index (κ3) is 4.56.